The summed E-state index contributed by atoms with van der Waals surface area (Å²) in [6.45, 7) is -1.53. The number of sulfonamides is 1. The number of aliphatic hydroxyl groups is 2. The number of benzene rings is 1. The van der Waals surface area contributed by atoms with E-state index < -0.39 is 44.6 Å². The molecular formula is C10H13FN2O6S. The van der Waals surface area contributed by atoms with Crippen molar-refractivity contribution >= 4 is 15.7 Å². The fourth-order valence-electron chi connectivity index (χ4n) is 1.52. The first kappa shape index (κ1) is 16.4. The van der Waals surface area contributed by atoms with Crippen LogP contribution in [-0.2, 0) is 10.0 Å². The molecule has 1 aromatic carbocycles. The zero-order chi connectivity index (χ0) is 15.3. The van der Waals surface area contributed by atoms with Crippen LogP contribution in [0.1, 0.15) is 0 Å². The molecule has 112 valence electrons. The Labute approximate surface area is 114 Å². The Kier molecular flexibility index (Phi) is 5.51. The van der Waals surface area contributed by atoms with Gasteiger partial charge in [-0.3, -0.25) is 10.1 Å². The van der Waals surface area contributed by atoms with Crippen molar-refractivity contribution < 1.29 is 27.9 Å². The Morgan fingerprint density at radius 2 is 1.80 bits per heavy atom. The maximum atomic E-state index is 13.2. The van der Waals surface area contributed by atoms with Gasteiger partial charge in [-0.25, -0.2) is 8.42 Å². The Bertz CT molecular complexity index is 585. The maximum absolute atomic E-state index is 13.2. The monoisotopic (exact) mass is 308 g/mol. The average Bonchev–Trinajstić information content (AvgIpc) is 2.38. The summed E-state index contributed by atoms with van der Waals surface area (Å²) in [5, 5.41) is 28.2. The fourth-order valence-corrected chi connectivity index (χ4v) is 2.96. The maximum Gasteiger partial charge on any atom is 0.306 e. The van der Waals surface area contributed by atoms with Crippen molar-refractivity contribution in [2.75, 3.05) is 26.3 Å². The Morgan fingerprint density at radius 1 is 1.25 bits per heavy atom. The smallest absolute Gasteiger partial charge is 0.306 e. The quantitative estimate of drug-likeness (QED) is 0.527. The van der Waals surface area contributed by atoms with Gasteiger partial charge in [-0.05, 0) is 12.1 Å². The number of nitro groups is 1. The van der Waals surface area contributed by atoms with E-state index in [9.17, 15) is 22.9 Å². The highest BCUT2D eigenvalue weighted by molar-refractivity contribution is 7.89. The molecule has 0 radical (unpaired) electrons. The van der Waals surface area contributed by atoms with E-state index in [4.69, 9.17) is 10.2 Å². The summed E-state index contributed by atoms with van der Waals surface area (Å²) in [5.74, 6) is -1.15. The molecule has 0 fully saturated rings. The van der Waals surface area contributed by atoms with Crippen molar-refractivity contribution in [3.63, 3.8) is 0 Å². The lowest BCUT2D eigenvalue weighted by Crippen LogP contribution is -2.35. The zero-order valence-corrected chi connectivity index (χ0v) is 11.1. The van der Waals surface area contributed by atoms with Crippen molar-refractivity contribution in [2.24, 2.45) is 0 Å². The lowest BCUT2D eigenvalue weighted by atomic mass is 10.3. The van der Waals surface area contributed by atoms with Crippen LogP contribution in [0.25, 0.3) is 0 Å². The fraction of sp³-hybridized carbons (Fsp3) is 0.400. The van der Waals surface area contributed by atoms with Gasteiger partial charge < -0.3 is 10.2 Å². The molecule has 0 spiro atoms. The summed E-state index contributed by atoms with van der Waals surface area (Å²) < 4.78 is 38.2. The van der Waals surface area contributed by atoms with E-state index >= 15 is 0 Å². The Balaban J connectivity index is 3.26. The number of hydrogen-bond donors (Lipinski definition) is 2. The normalized spacial score (nSPS) is 11.8. The highest BCUT2D eigenvalue weighted by atomic mass is 32.2. The van der Waals surface area contributed by atoms with Crippen LogP contribution in [0, 0.1) is 15.9 Å². The molecule has 0 aliphatic heterocycles. The summed E-state index contributed by atoms with van der Waals surface area (Å²) >= 11 is 0. The van der Waals surface area contributed by atoms with Crippen LogP contribution in [0.4, 0.5) is 10.1 Å². The van der Waals surface area contributed by atoms with Crippen molar-refractivity contribution in [1.82, 2.24) is 4.31 Å². The summed E-state index contributed by atoms with van der Waals surface area (Å²) in [4.78, 5) is 9.09. The minimum Gasteiger partial charge on any atom is -0.395 e. The number of aliphatic hydroxyl groups excluding tert-OH is 2. The van der Waals surface area contributed by atoms with Crippen molar-refractivity contribution in [1.29, 1.82) is 0 Å². The number of hydrogen-bond acceptors (Lipinski definition) is 6. The minimum absolute atomic E-state index is 0.284. The lowest BCUT2D eigenvalue weighted by Gasteiger charge is -2.20. The highest BCUT2D eigenvalue weighted by Gasteiger charge is 2.27. The molecule has 0 bridgehead atoms. The van der Waals surface area contributed by atoms with E-state index in [-0.39, 0.29) is 13.1 Å². The highest BCUT2D eigenvalue weighted by Crippen LogP contribution is 2.23. The van der Waals surface area contributed by atoms with Gasteiger partial charge in [-0.2, -0.15) is 8.70 Å². The second kappa shape index (κ2) is 6.70. The summed E-state index contributed by atoms with van der Waals surface area (Å²) in [6.07, 6.45) is 0. The first-order chi connectivity index (χ1) is 9.34. The second-order valence-electron chi connectivity index (χ2n) is 3.72. The zero-order valence-electron chi connectivity index (χ0n) is 10.3. The number of nitrogens with zero attached hydrogens (tertiary/aromatic N) is 2. The van der Waals surface area contributed by atoms with E-state index in [0.717, 1.165) is 10.4 Å². The van der Waals surface area contributed by atoms with Gasteiger partial charge in [0, 0.05) is 19.2 Å². The van der Waals surface area contributed by atoms with Gasteiger partial charge in [0.25, 0.3) is 0 Å². The van der Waals surface area contributed by atoms with Crippen LogP contribution < -0.4 is 0 Å². The third-order valence-electron chi connectivity index (χ3n) is 2.45. The van der Waals surface area contributed by atoms with Gasteiger partial charge in [0.05, 0.1) is 23.0 Å². The SMILES string of the molecule is O=[N+]([O-])c1cc(S(=O)(=O)N(CCO)CCO)ccc1F. The van der Waals surface area contributed by atoms with Crippen molar-refractivity contribution in [3.8, 4) is 0 Å². The van der Waals surface area contributed by atoms with E-state index in [1.807, 2.05) is 0 Å². The van der Waals surface area contributed by atoms with Crippen molar-refractivity contribution in [2.45, 2.75) is 4.90 Å². The molecule has 0 atom stereocenters. The summed E-state index contributed by atoms with van der Waals surface area (Å²) in [6, 6.07) is 2.17. The third kappa shape index (κ3) is 3.48. The predicted octanol–water partition coefficient (Wildman–Crippen LogP) is -0.291. The molecule has 0 aliphatic rings. The Hall–Kier alpha value is -1.62. The predicted molar refractivity (Wildman–Crippen MR) is 66.0 cm³/mol. The number of halogens is 1. The molecular weight excluding hydrogens is 295 g/mol. The molecule has 20 heavy (non-hydrogen) atoms. The van der Waals surface area contributed by atoms with Gasteiger partial charge in [0.15, 0.2) is 0 Å². The van der Waals surface area contributed by atoms with Gasteiger partial charge >= 0.3 is 5.69 Å². The van der Waals surface area contributed by atoms with Gasteiger partial charge in [0.1, 0.15) is 0 Å². The molecule has 0 heterocycles. The summed E-state index contributed by atoms with van der Waals surface area (Å²) in [7, 11) is -4.16. The van der Waals surface area contributed by atoms with E-state index in [0.29, 0.717) is 12.1 Å². The average molecular weight is 308 g/mol. The van der Waals surface area contributed by atoms with Crippen LogP contribution in [-0.4, -0.2) is 54.2 Å². The van der Waals surface area contributed by atoms with Gasteiger partial charge in [-0.15, -0.1) is 0 Å². The van der Waals surface area contributed by atoms with Crippen molar-refractivity contribution in [3.05, 3.63) is 34.1 Å². The molecule has 8 nitrogen and oxygen atoms in total. The van der Waals surface area contributed by atoms with E-state index in [1.54, 1.807) is 0 Å². The van der Waals surface area contributed by atoms with Crippen LogP contribution in [0.2, 0.25) is 0 Å². The molecule has 0 unspecified atom stereocenters. The molecule has 1 rings (SSSR count). The van der Waals surface area contributed by atoms with E-state index in [2.05, 4.69) is 0 Å². The van der Waals surface area contributed by atoms with Crippen LogP contribution in [0.5, 0.6) is 0 Å². The van der Waals surface area contributed by atoms with Crippen LogP contribution in [0.3, 0.4) is 0 Å². The number of rotatable bonds is 7. The molecule has 10 heteroatoms. The molecule has 2 N–H and O–H groups in total. The molecule has 0 aromatic heterocycles. The van der Waals surface area contributed by atoms with Gasteiger partial charge in [0.2, 0.25) is 15.8 Å². The third-order valence-corrected chi connectivity index (χ3v) is 4.35. The number of nitro benzene ring substituents is 1. The van der Waals surface area contributed by atoms with Gasteiger partial charge in [-0.1, -0.05) is 0 Å². The molecule has 0 amide bonds. The second-order valence-corrected chi connectivity index (χ2v) is 5.66. The summed E-state index contributed by atoms with van der Waals surface area (Å²) in [5.41, 5.74) is -0.959. The van der Waals surface area contributed by atoms with Crippen LogP contribution in [0.15, 0.2) is 23.1 Å². The lowest BCUT2D eigenvalue weighted by molar-refractivity contribution is -0.387. The first-order valence-corrected chi connectivity index (χ1v) is 6.94. The standard InChI is InChI=1S/C10H13FN2O6S/c11-9-2-1-8(7-10(9)13(16)17)20(18,19)12(3-5-14)4-6-15/h1-2,7,14-15H,3-6H2. The first-order valence-electron chi connectivity index (χ1n) is 5.50. The molecule has 0 saturated heterocycles. The Morgan fingerprint density at radius 3 is 2.25 bits per heavy atom. The van der Waals surface area contributed by atoms with E-state index in [1.165, 1.54) is 0 Å². The van der Waals surface area contributed by atoms with Crippen LogP contribution >= 0.6 is 0 Å². The molecule has 0 saturated carbocycles. The molecule has 0 aliphatic carbocycles. The minimum atomic E-state index is -4.16. The largest absolute Gasteiger partial charge is 0.395 e. The topological polar surface area (TPSA) is 121 Å². The molecule has 1 aromatic rings.